The third kappa shape index (κ3) is 3.55. The first kappa shape index (κ1) is 13.6. The highest BCUT2D eigenvalue weighted by Crippen LogP contribution is 2.09. The number of rotatable bonds is 6. The number of nitrogens with one attached hydrogen (secondary N) is 1. The molecule has 2 aromatic rings. The molecule has 0 aliphatic carbocycles. The fourth-order valence-electron chi connectivity index (χ4n) is 1.44. The van der Waals surface area contributed by atoms with E-state index < -0.39 is 20.9 Å². The van der Waals surface area contributed by atoms with Crippen molar-refractivity contribution >= 4 is 10.0 Å². The average molecular weight is 285 g/mol. The fourth-order valence-corrected chi connectivity index (χ4v) is 2.51. The van der Waals surface area contributed by atoms with Crippen LogP contribution in [-0.2, 0) is 16.6 Å². The Labute approximate surface area is 109 Å². The first-order chi connectivity index (χ1) is 9.09. The minimum absolute atomic E-state index is 0.165. The van der Waals surface area contributed by atoms with E-state index >= 15 is 0 Å². The molecular formula is C10H12FN5O2S. The van der Waals surface area contributed by atoms with E-state index in [0.717, 1.165) is 6.07 Å². The van der Waals surface area contributed by atoms with Crippen molar-refractivity contribution in [3.8, 4) is 0 Å². The largest absolute Gasteiger partial charge is 0.261 e. The summed E-state index contributed by atoms with van der Waals surface area (Å²) in [4.78, 5) is 3.53. The van der Waals surface area contributed by atoms with Gasteiger partial charge in [-0.05, 0) is 18.6 Å². The van der Waals surface area contributed by atoms with Crippen molar-refractivity contribution in [2.75, 3.05) is 6.54 Å². The number of hydrogen-bond acceptors (Lipinski definition) is 5. The number of aromatic nitrogens is 4. The summed E-state index contributed by atoms with van der Waals surface area (Å²) in [5.41, 5.74) is 0. The second-order valence-electron chi connectivity index (χ2n) is 3.71. The van der Waals surface area contributed by atoms with Crippen LogP contribution in [0.3, 0.4) is 0 Å². The number of aryl methyl sites for hydroxylation is 1. The Bertz CT molecular complexity index is 629. The van der Waals surface area contributed by atoms with E-state index in [0.29, 0.717) is 13.0 Å². The first-order valence-corrected chi connectivity index (χ1v) is 7.02. The van der Waals surface area contributed by atoms with Crippen molar-refractivity contribution in [3.05, 3.63) is 36.5 Å². The molecule has 19 heavy (non-hydrogen) atoms. The molecule has 7 nitrogen and oxygen atoms in total. The van der Waals surface area contributed by atoms with Crippen LogP contribution in [0.2, 0.25) is 0 Å². The Morgan fingerprint density at radius 3 is 2.89 bits per heavy atom. The topological polar surface area (TPSA) is 89.8 Å². The first-order valence-electron chi connectivity index (χ1n) is 5.54. The molecule has 0 aliphatic heterocycles. The average Bonchev–Trinajstić information content (AvgIpc) is 2.88. The molecule has 2 aromatic heterocycles. The monoisotopic (exact) mass is 285 g/mol. The highest BCUT2D eigenvalue weighted by molar-refractivity contribution is 7.89. The minimum Gasteiger partial charge on any atom is -0.253 e. The van der Waals surface area contributed by atoms with Gasteiger partial charge in [-0.15, -0.1) is 5.10 Å². The molecule has 0 spiro atoms. The molecule has 0 unspecified atom stereocenters. The highest BCUT2D eigenvalue weighted by Gasteiger charge is 2.19. The van der Waals surface area contributed by atoms with E-state index in [1.165, 1.54) is 18.5 Å². The SMILES string of the molecule is O=S(=O)(NCCCn1ccnn1)c1ncccc1F. The van der Waals surface area contributed by atoms with Gasteiger partial charge in [-0.2, -0.15) is 0 Å². The lowest BCUT2D eigenvalue weighted by Gasteiger charge is -2.06. The van der Waals surface area contributed by atoms with Gasteiger partial charge < -0.3 is 0 Å². The summed E-state index contributed by atoms with van der Waals surface area (Å²) < 4.78 is 40.7. The van der Waals surface area contributed by atoms with Crippen molar-refractivity contribution in [3.63, 3.8) is 0 Å². The molecule has 2 rings (SSSR count). The Balaban J connectivity index is 1.90. The van der Waals surface area contributed by atoms with Crippen LogP contribution in [0.5, 0.6) is 0 Å². The molecule has 0 fully saturated rings. The Morgan fingerprint density at radius 1 is 1.37 bits per heavy atom. The quantitative estimate of drug-likeness (QED) is 0.765. The maximum Gasteiger partial charge on any atom is 0.261 e. The van der Waals surface area contributed by atoms with Crippen LogP contribution < -0.4 is 4.72 Å². The normalized spacial score (nSPS) is 11.6. The molecule has 0 bridgehead atoms. The second-order valence-corrected chi connectivity index (χ2v) is 5.39. The molecule has 0 aromatic carbocycles. The zero-order valence-corrected chi connectivity index (χ0v) is 10.7. The molecule has 9 heteroatoms. The van der Waals surface area contributed by atoms with Crippen LogP contribution in [-0.4, -0.2) is 34.9 Å². The van der Waals surface area contributed by atoms with Crippen molar-refractivity contribution in [1.82, 2.24) is 24.7 Å². The van der Waals surface area contributed by atoms with Gasteiger partial charge in [0, 0.05) is 25.5 Å². The molecule has 102 valence electrons. The third-order valence-electron chi connectivity index (χ3n) is 2.31. The summed E-state index contributed by atoms with van der Waals surface area (Å²) in [6.07, 6.45) is 4.95. The maximum atomic E-state index is 13.3. The summed E-state index contributed by atoms with van der Waals surface area (Å²) in [5, 5.41) is 6.78. The van der Waals surface area contributed by atoms with Crippen molar-refractivity contribution < 1.29 is 12.8 Å². The number of halogens is 1. The lowest BCUT2D eigenvalue weighted by atomic mass is 10.4. The lowest BCUT2D eigenvalue weighted by Crippen LogP contribution is -2.27. The van der Waals surface area contributed by atoms with E-state index in [2.05, 4.69) is 20.0 Å². The van der Waals surface area contributed by atoms with E-state index in [4.69, 9.17) is 0 Å². The Hall–Kier alpha value is -1.87. The standard InChI is InChI=1S/C10H12FN5O2S/c11-9-3-1-4-12-10(9)19(17,18)14-5-2-7-16-8-6-13-15-16/h1,3-4,6,8,14H,2,5,7H2. The maximum absolute atomic E-state index is 13.3. The van der Waals surface area contributed by atoms with E-state index in [9.17, 15) is 12.8 Å². The summed E-state index contributed by atoms with van der Waals surface area (Å²) in [6, 6.07) is 2.38. The molecule has 2 heterocycles. The predicted octanol–water partition coefficient (Wildman–Crippen LogP) is 0.181. The second kappa shape index (κ2) is 5.85. The van der Waals surface area contributed by atoms with Gasteiger partial charge >= 0.3 is 0 Å². The van der Waals surface area contributed by atoms with Gasteiger partial charge in [0.1, 0.15) is 0 Å². The van der Waals surface area contributed by atoms with Crippen molar-refractivity contribution in [2.24, 2.45) is 0 Å². The number of hydrogen-bond donors (Lipinski definition) is 1. The van der Waals surface area contributed by atoms with Gasteiger partial charge in [-0.3, -0.25) is 4.68 Å². The van der Waals surface area contributed by atoms with Crippen molar-refractivity contribution in [2.45, 2.75) is 18.0 Å². The minimum atomic E-state index is -3.91. The van der Waals surface area contributed by atoms with Gasteiger partial charge in [0.25, 0.3) is 10.0 Å². The zero-order valence-electron chi connectivity index (χ0n) is 9.90. The van der Waals surface area contributed by atoms with Gasteiger partial charge in [0.05, 0.1) is 6.20 Å². The molecule has 1 N–H and O–H groups in total. The molecule has 0 saturated carbocycles. The van der Waals surface area contributed by atoms with Crippen LogP contribution in [0.4, 0.5) is 4.39 Å². The van der Waals surface area contributed by atoms with Gasteiger partial charge in [-0.25, -0.2) is 22.5 Å². The highest BCUT2D eigenvalue weighted by atomic mass is 32.2. The fraction of sp³-hybridized carbons (Fsp3) is 0.300. The van der Waals surface area contributed by atoms with Crippen LogP contribution in [0.15, 0.2) is 35.7 Å². The van der Waals surface area contributed by atoms with Gasteiger partial charge in [-0.1, -0.05) is 5.21 Å². The smallest absolute Gasteiger partial charge is 0.253 e. The zero-order chi connectivity index (χ0) is 13.7. The summed E-state index contributed by atoms with van der Waals surface area (Å²) in [7, 11) is -3.91. The van der Waals surface area contributed by atoms with Crippen LogP contribution >= 0.6 is 0 Å². The number of sulfonamides is 1. The van der Waals surface area contributed by atoms with E-state index in [-0.39, 0.29) is 6.54 Å². The molecule has 0 atom stereocenters. The number of nitrogens with zero attached hydrogens (tertiary/aromatic N) is 4. The van der Waals surface area contributed by atoms with E-state index in [1.54, 1.807) is 10.9 Å². The van der Waals surface area contributed by atoms with Gasteiger partial charge in [0.2, 0.25) is 5.03 Å². The van der Waals surface area contributed by atoms with Crippen LogP contribution in [0, 0.1) is 5.82 Å². The third-order valence-corrected chi connectivity index (χ3v) is 3.70. The molecule has 0 aliphatic rings. The summed E-state index contributed by atoms with van der Waals surface area (Å²) in [6.45, 7) is 0.686. The molecule has 0 radical (unpaired) electrons. The Morgan fingerprint density at radius 2 is 2.21 bits per heavy atom. The Kier molecular flexibility index (Phi) is 4.17. The predicted molar refractivity (Wildman–Crippen MR) is 64.0 cm³/mol. The number of pyridine rings is 1. The van der Waals surface area contributed by atoms with E-state index in [1.807, 2.05) is 0 Å². The summed E-state index contributed by atoms with van der Waals surface area (Å²) in [5.74, 6) is -0.869. The van der Waals surface area contributed by atoms with Crippen LogP contribution in [0.1, 0.15) is 6.42 Å². The van der Waals surface area contributed by atoms with Crippen LogP contribution in [0.25, 0.3) is 0 Å². The lowest BCUT2D eigenvalue weighted by molar-refractivity contribution is 0.529. The van der Waals surface area contributed by atoms with Crippen molar-refractivity contribution in [1.29, 1.82) is 0 Å². The molecule has 0 amide bonds. The molecular weight excluding hydrogens is 273 g/mol. The molecule has 0 saturated heterocycles. The van der Waals surface area contributed by atoms with Gasteiger partial charge in [0.15, 0.2) is 5.82 Å². The summed E-state index contributed by atoms with van der Waals surface area (Å²) >= 11 is 0.